The van der Waals surface area contributed by atoms with Gasteiger partial charge in [-0.3, -0.25) is 0 Å². The predicted octanol–water partition coefficient (Wildman–Crippen LogP) is 1.72. The Balaban J connectivity index is 1.65. The average Bonchev–Trinajstić information content (AvgIpc) is 2.78. The maximum Gasteiger partial charge on any atom is 0.0503 e. The lowest BCUT2D eigenvalue weighted by Crippen LogP contribution is -2.31. The van der Waals surface area contributed by atoms with Crippen LogP contribution in [0.4, 0.5) is 0 Å². The maximum absolute atomic E-state index is 5.74. The second kappa shape index (κ2) is 6.72. The molecule has 17 heavy (non-hydrogen) atoms. The van der Waals surface area contributed by atoms with Gasteiger partial charge in [-0.25, -0.2) is 0 Å². The molecule has 1 unspecified atom stereocenters. The van der Waals surface area contributed by atoms with Gasteiger partial charge in [0, 0.05) is 20.2 Å². The first-order valence-corrected chi connectivity index (χ1v) is 7.23. The van der Waals surface area contributed by atoms with Crippen LogP contribution >= 0.6 is 0 Å². The van der Waals surface area contributed by atoms with Crippen LogP contribution in [0.3, 0.4) is 0 Å². The molecule has 3 heteroatoms. The molecular weight excluding hydrogens is 212 g/mol. The molecule has 2 fully saturated rings. The molecule has 2 rings (SSSR count). The van der Waals surface area contributed by atoms with E-state index in [1.165, 1.54) is 51.7 Å². The zero-order chi connectivity index (χ0) is 12.1. The predicted molar refractivity (Wildman–Crippen MR) is 70.9 cm³/mol. The summed E-state index contributed by atoms with van der Waals surface area (Å²) in [6.45, 7) is 5.69. The largest absolute Gasteiger partial charge is 0.384 e. The van der Waals surface area contributed by atoms with Crippen LogP contribution in [0.25, 0.3) is 0 Å². The highest BCUT2D eigenvalue weighted by Crippen LogP contribution is 2.30. The van der Waals surface area contributed by atoms with Crippen LogP contribution in [0.2, 0.25) is 0 Å². The van der Waals surface area contributed by atoms with Crippen LogP contribution in [0.15, 0.2) is 0 Å². The van der Waals surface area contributed by atoms with Crippen LogP contribution in [0.1, 0.15) is 32.1 Å². The van der Waals surface area contributed by atoms with Gasteiger partial charge < -0.3 is 15.4 Å². The zero-order valence-electron chi connectivity index (χ0n) is 11.2. The number of hydrogen-bond donors (Lipinski definition) is 1. The lowest BCUT2D eigenvalue weighted by Gasteiger charge is -2.30. The fraction of sp³-hybridized carbons (Fsp3) is 1.00. The number of nitrogens with two attached hydrogens (primary N) is 1. The Bertz CT molecular complexity index is 214. The Morgan fingerprint density at radius 3 is 2.41 bits per heavy atom. The minimum Gasteiger partial charge on any atom is -0.384 e. The van der Waals surface area contributed by atoms with Crippen LogP contribution in [-0.2, 0) is 4.74 Å². The SMILES string of the molecule is COCC1CCN(CC2CCC(CN)CC2)C1. The van der Waals surface area contributed by atoms with Crippen LogP contribution in [0, 0.1) is 17.8 Å². The zero-order valence-corrected chi connectivity index (χ0v) is 11.2. The summed E-state index contributed by atoms with van der Waals surface area (Å²) in [6.07, 6.45) is 6.83. The van der Waals surface area contributed by atoms with Gasteiger partial charge in [0.05, 0.1) is 6.61 Å². The minimum absolute atomic E-state index is 0.778. The van der Waals surface area contributed by atoms with Crippen molar-refractivity contribution in [2.75, 3.05) is 39.9 Å². The van der Waals surface area contributed by atoms with Gasteiger partial charge in [0.1, 0.15) is 0 Å². The molecule has 1 aliphatic carbocycles. The molecule has 1 atom stereocenters. The van der Waals surface area contributed by atoms with E-state index in [4.69, 9.17) is 10.5 Å². The first-order chi connectivity index (χ1) is 8.31. The smallest absolute Gasteiger partial charge is 0.0503 e. The van der Waals surface area contributed by atoms with Crippen molar-refractivity contribution in [3.8, 4) is 0 Å². The highest BCUT2D eigenvalue weighted by atomic mass is 16.5. The summed E-state index contributed by atoms with van der Waals surface area (Å²) in [5, 5.41) is 0. The number of ether oxygens (including phenoxy) is 1. The van der Waals surface area contributed by atoms with E-state index in [1.807, 2.05) is 7.11 Å². The Labute approximate surface area is 106 Å². The van der Waals surface area contributed by atoms with Crippen LogP contribution in [0.5, 0.6) is 0 Å². The summed E-state index contributed by atoms with van der Waals surface area (Å²) in [7, 11) is 1.82. The number of methoxy groups -OCH3 is 1. The van der Waals surface area contributed by atoms with E-state index in [0.717, 1.165) is 30.9 Å². The van der Waals surface area contributed by atoms with Gasteiger partial charge in [-0.2, -0.15) is 0 Å². The van der Waals surface area contributed by atoms with Crippen molar-refractivity contribution in [2.45, 2.75) is 32.1 Å². The molecular formula is C14H28N2O. The molecule has 0 bridgehead atoms. The average molecular weight is 240 g/mol. The van der Waals surface area contributed by atoms with E-state index < -0.39 is 0 Å². The molecule has 0 radical (unpaired) electrons. The monoisotopic (exact) mass is 240 g/mol. The van der Waals surface area contributed by atoms with Gasteiger partial charge >= 0.3 is 0 Å². The van der Waals surface area contributed by atoms with E-state index in [9.17, 15) is 0 Å². The molecule has 100 valence electrons. The van der Waals surface area contributed by atoms with Crippen molar-refractivity contribution >= 4 is 0 Å². The summed E-state index contributed by atoms with van der Waals surface area (Å²) >= 11 is 0. The molecule has 0 aromatic heterocycles. The molecule has 1 heterocycles. The van der Waals surface area contributed by atoms with Crippen molar-refractivity contribution < 1.29 is 4.74 Å². The molecule has 0 amide bonds. The van der Waals surface area contributed by atoms with Gasteiger partial charge in [0.15, 0.2) is 0 Å². The molecule has 1 saturated heterocycles. The Morgan fingerprint density at radius 2 is 1.76 bits per heavy atom. The van der Waals surface area contributed by atoms with Crippen LogP contribution in [-0.4, -0.2) is 44.8 Å². The first-order valence-electron chi connectivity index (χ1n) is 7.23. The standard InChI is InChI=1S/C14H28N2O/c1-17-11-14-6-7-16(10-14)9-13-4-2-12(8-15)3-5-13/h12-14H,2-11,15H2,1H3. The maximum atomic E-state index is 5.74. The molecule has 1 saturated carbocycles. The molecule has 0 aromatic carbocycles. The lowest BCUT2D eigenvalue weighted by molar-refractivity contribution is 0.147. The topological polar surface area (TPSA) is 38.5 Å². The van der Waals surface area contributed by atoms with E-state index in [1.54, 1.807) is 0 Å². The molecule has 2 N–H and O–H groups in total. The van der Waals surface area contributed by atoms with Crippen molar-refractivity contribution in [3.63, 3.8) is 0 Å². The Morgan fingerprint density at radius 1 is 1.06 bits per heavy atom. The number of rotatable bonds is 5. The van der Waals surface area contributed by atoms with E-state index in [2.05, 4.69) is 4.90 Å². The normalized spacial score (nSPS) is 35.3. The molecule has 3 nitrogen and oxygen atoms in total. The number of nitrogens with zero attached hydrogens (tertiary/aromatic N) is 1. The van der Waals surface area contributed by atoms with E-state index in [-0.39, 0.29) is 0 Å². The van der Waals surface area contributed by atoms with Gasteiger partial charge in [-0.05, 0) is 62.9 Å². The summed E-state index contributed by atoms with van der Waals surface area (Å²) in [4.78, 5) is 2.65. The van der Waals surface area contributed by atoms with E-state index >= 15 is 0 Å². The summed E-state index contributed by atoms with van der Waals surface area (Å²) in [5.41, 5.74) is 5.74. The third-order valence-corrected chi connectivity index (χ3v) is 4.59. The fourth-order valence-electron chi connectivity index (χ4n) is 3.47. The third-order valence-electron chi connectivity index (χ3n) is 4.59. The summed E-state index contributed by atoms with van der Waals surface area (Å²) in [6, 6.07) is 0. The minimum atomic E-state index is 0.778. The summed E-state index contributed by atoms with van der Waals surface area (Å²) < 4.78 is 5.25. The van der Waals surface area contributed by atoms with Crippen LogP contribution < -0.4 is 5.73 Å². The second-order valence-electron chi connectivity index (χ2n) is 5.99. The Hall–Kier alpha value is -0.120. The number of hydrogen-bond acceptors (Lipinski definition) is 3. The lowest BCUT2D eigenvalue weighted by atomic mass is 9.82. The van der Waals surface area contributed by atoms with E-state index in [0.29, 0.717) is 0 Å². The molecule has 1 aliphatic heterocycles. The highest BCUT2D eigenvalue weighted by Gasteiger charge is 2.26. The fourth-order valence-corrected chi connectivity index (χ4v) is 3.47. The summed E-state index contributed by atoms with van der Waals surface area (Å²) in [5.74, 6) is 2.52. The van der Waals surface area contributed by atoms with Gasteiger partial charge in [0.2, 0.25) is 0 Å². The molecule has 0 spiro atoms. The molecule has 2 aliphatic rings. The van der Waals surface area contributed by atoms with Crippen molar-refractivity contribution in [2.24, 2.45) is 23.5 Å². The van der Waals surface area contributed by atoms with Crippen molar-refractivity contribution in [3.05, 3.63) is 0 Å². The Kier molecular flexibility index (Phi) is 5.26. The number of likely N-dealkylation sites (tertiary alicyclic amines) is 1. The van der Waals surface area contributed by atoms with Gasteiger partial charge in [-0.15, -0.1) is 0 Å². The second-order valence-corrected chi connectivity index (χ2v) is 5.99. The third kappa shape index (κ3) is 3.94. The first kappa shape index (κ1) is 13.3. The highest BCUT2D eigenvalue weighted by molar-refractivity contribution is 4.80. The van der Waals surface area contributed by atoms with Gasteiger partial charge in [-0.1, -0.05) is 0 Å². The van der Waals surface area contributed by atoms with Crippen molar-refractivity contribution in [1.29, 1.82) is 0 Å². The molecule has 0 aromatic rings. The van der Waals surface area contributed by atoms with Crippen molar-refractivity contribution in [1.82, 2.24) is 4.90 Å². The quantitative estimate of drug-likeness (QED) is 0.795. The van der Waals surface area contributed by atoms with Gasteiger partial charge in [0.25, 0.3) is 0 Å².